The molecule has 1 aliphatic rings. The average molecular weight is 277 g/mol. The van der Waals surface area contributed by atoms with E-state index in [9.17, 15) is 4.39 Å². The van der Waals surface area contributed by atoms with Gasteiger partial charge in [0.2, 0.25) is 0 Å². The number of allylic oxidation sites excluding steroid dienone is 3. The van der Waals surface area contributed by atoms with Crippen molar-refractivity contribution in [3.63, 3.8) is 0 Å². The van der Waals surface area contributed by atoms with Crippen molar-refractivity contribution < 1.29 is 4.39 Å². The Balaban J connectivity index is 2.27. The molecule has 0 radical (unpaired) electrons. The summed E-state index contributed by atoms with van der Waals surface area (Å²) in [7, 11) is 1.91. The monoisotopic (exact) mass is 277 g/mol. The molecular weight excluding hydrogens is 261 g/mol. The zero-order chi connectivity index (χ0) is 14.8. The van der Waals surface area contributed by atoms with Crippen LogP contribution >= 0.6 is 0 Å². The normalized spacial score (nSPS) is 14.8. The number of halogens is 1. The molecule has 1 aliphatic heterocycles. The van der Waals surface area contributed by atoms with Gasteiger partial charge in [-0.25, -0.2) is 4.39 Å². The summed E-state index contributed by atoms with van der Waals surface area (Å²) in [5.41, 5.74) is 4.33. The Labute approximate surface area is 124 Å². The summed E-state index contributed by atoms with van der Waals surface area (Å²) in [6.45, 7) is 4.01. The van der Waals surface area contributed by atoms with Crippen LogP contribution in [0.2, 0.25) is 0 Å². The minimum absolute atomic E-state index is 0.226. The highest BCUT2D eigenvalue weighted by Crippen LogP contribution is 2.36. The van der Waals surface area contributed by atoms with Crippen molar-refractivity contribution in [3.8, 4) is 0 Å². The van der Waals surface area contributed by atoms with Gasteiger partial charge in [0, 0.05) is 23.9 Å². The van der Waals surface area contributed by atoms with E-state index in [1.165, 1.54) is 6.07 Å². The zero-order valence-electron chi connectivity index (χ0n) is 11.9. The van der Waals surface area contributed by atoms with Crippen LogP contribution in [0.5, 0.6) is 0 Å². The highest BCUT2D eigenvalue weighted by molar-refractivity contribution is 5.97. The molecule has 0 bridgehead atoms. The molecule has 2 aromatic rings. The zero-order valence-corrected chi connectivity index (χ0v) is 11.9. The summed E-state index contributed by atoms with van der Waals surface area (Å²) in [4.78, 5) is 1.93. The predicted molar refractivity (Wildman–Crippen MR) is 85.7 cm³/mol. The third kappa shape index (κ3) is 2.40. The van der Waals surface area contributed by atoms with Crippen molar-refractivity contribution in [3.05, 3.63) is 96.0 Å². The molecule has 2 heteroatoms. The van der Waals surface area contributed by atoms with Crippen LogP contribution in [0.15, 0.2) is 79.0 Å². The summed E-state index contributed by atoms with van der Waals surface area (Å²) >= 11 is 0. The highest BCUT2D eigenvalue weighted by atomic mass is 19.1. The van der Waals surface area contributed by atoms with Crippen LogP contribution in [0.4, 0.5) is 4.39 Å². The molecule has 0 unspecified atom stereocenters. The molecule has 0 N–H and O–H groups in total. The first kappa shape index (κ1) is 13.4. The first-order valence-corrected chi connectivity index (χ1v) is 6.84. The van der Waals surface area contributed by atoms with Crippen LogP contribution in [-0.4, -0.2) is 11.9 Å². The predicted octanol–water partition coefficient (Wildman–Crippen LogP) is 4.71. The van der Waals surface area contributed by atoms with Crippen molar-refractivity contribution in [2.24, 2.45) is 0 Å². The van der Waals surface area contributed by atoms with Gasteiger partial charge in [0.15, 0.2) is 0 Å². The van der Waals surface area contributed by atoms with Gasteiger partial charge in [0.1, 0.15) is 5.82 Å². The molecule has 1 heterocycles. The first-order valence-electron chi connectivity index (χ1n) is 6.84. The quantitative estimate of drug-likeness (QED) is 0.768. The summed E-state index contributed by atoms with van der Waals surface area (Å²) in [6.07, 6.45) is 3.95. The second-order valence-corrected chi connectivity index (χ2v) is 4.99. The SMILES string of the molecule is C=C1C=CC(c2ccccc2)=C(c2ccccc2F)N1C. The summed E-state index contributed by atoms with van der Waals surface area (Å²) in [5, 5.41) is 0. The third-order valence-electron chi connectivity index (χ3n) is 3.68. The molecule has 0 aliphatic carbocycles. The van der Waals surface area contributed by atoms with Crippen LogP contribution in [0.25, 0.3) is 11.3 Å². The van der Waals surface area contributed by atoms with Gasteiger partial charge in [-0.1, -0.05) is 55.1 Å². The van der Waals surface area contributed by atoms with E-state index in [2.05, 4.69) is 6.58 Å². The molecule has 21 heavy (non-hydrogen) atoms. The number of rotatable bonds is 2. The van der Waals surface area contributed by atoms with Crippen LogP contribution in [-0.2, 0) is 0 Å². The Hall–Kier alpha value is -2.61. The lowest BCUT2D eigenvalue weighted by atomic mass is 9.95. The first-order chi connectivity index (χ1) is 10.2. The van der Waals surface area contributed by atoms with E-state index in [1.807, 2.05) is 60.5 Å². The minimum Gasteiger partial charge on any atom is -0.344 e. The van der Waals surface area contributed by atoms with Crippen molar-refractivity contribution >= 4 is 11.3 Å². The second kappa shape index (κ2) is 5.41. The number of likely N-dealkylation sites (N-methyl/N-ethyl adjacent to an activating group) is 1. The fraction of sp³-hybridized carbons (Fsp3) is 0.0526. The lowest BCUT2D eigenvalue weighted by molar-refractivity contribution is 0.588. The Bertz CT molecular complexity index is 741. The topological polar surface area (TPSA) is 3.24 Å². The maximum Gasteiger partial charge on any atom is 0.132 e. The van der Waals surface area contributed by atoms with Crippen LogP contribution in [0.1, 0.15) is 11.1 Å². The molecule has 104 valence electrons. The summed E-state index contributed by atoms with van der Waals surface area (Å²) in [6, 6.07) is 16.8. The molecular formula is C19H16FN. The fourth-order valence-electron chi connectivity index (χ4n) is 2.52. The number of hydrogen-bond acceptors (Lipinski definition) is 1. The van der Waals surface area contributed by atoms with Gasteiger partial charge < -0.3 is 4.90 Å². The van der Waals surface area contributed by atoms with Crippen LogP contribution in [0, 0.1) is 5.82 Å². The number of hydrogen-bond donors (Lipinski definition) is 0. The molecule has 0 atom stereocenters. The Morgan fingerprint density at radius 3 is 2.29 bits per heavy atom. The Kier molecular flexibility index (Phi) is 3.44. The van der Waals surface area contributed by atoms with E-state index in [0.717, 1.165) is 22.5 Å². The molecule has 0 aromatic heterocycles. The Morgan fingerprint density at radius 1 is 0.905 bits per heavy atom. The summed E-state index contributed by atoms with van der Waals surface area (Å²) < 4.78 is 14.2. The van der Waals surface area contributed by atoms with Crippen molar-refractivity contribution in [1.29, 1.82) is 0 Å². The van der Waals surface area contributed by atoms with E-state index in [4.69, 9.17) is 0 Å². The molecule has 0 saturated carbocycles. The highest BCUT2D eigenvalue weighted by Gasteiger charge is 2.21. The molecule has 3 rings (SSSR count). The smallest absolute Gasteiger partial charge is 0.132 e. The maximum absolute atomic E-state index is 14.2. The van der Waals surface area contributed by atoms with Gasteiger partial charge in [-0.2, -0.15) is 0 Å². The van der Waals surface area contributed by atoms with Gasteiger partial charge in [0.05, 0.1) is 5.70 Å². The van der Waals surface area contributed by atoms with E-state index in [0.29, 0.717) is 5.56 Å². The van der Waals surface area contributed by atoms with Crippen molar-refractivity contribution in [1.82, 2.24) is 4.90 Å². The minimum atomic E-state index is -0.226. The fourth-order valence-corrected chi connectivity index (χ4v) is 2.52. The van der Waals surface area contributed by atoms with Crippen molar-refractivity contribution in [2.75, 3.05) is 7.05 Å². The van der Waals surface area contributed by atoms with E-state index in [1.54, 1.807) is 12.1 Å². The van der Waals surface area contributed by atoms with E-state index >= 15 is 0 Å². The van der Waals surface area contributed by atoms with Crippen LogP contribution in [0.3, 0.4) is 0 Å². The van der Waals surface area contributed by atoms with Gasteiger partial charge in [0.25, 0.3) is 0 Å². The average Bonchev–Trinajstić information content (AvgIpc) is 2.52. The largest absolute Gasteiger partial charge is 0.344 e. The lowest BCUT2D eigenvalue weighted by Gasteiger charge is -2.29. The number of nitrogens with zero attached hydrogens (tertiary/aromatic N) is 1. The van der Waals surface area contributed by atoms with E-state index in [-0.39, 0.29) is 5.82 Å². The second-order valence-electron chi connectivity index (χ2n) is 4.99. The standard InChI is InChI=1S/C19H16FN/c1-14-12-13-16(15-8-4-3-5-9-15)19(21(14)2)17-10-6-7-11-18(17)20/h3-13H,1H2,2H3. The summed E-state index contributed by atoms with van der Waals surface area (Å²) in [5.74, 6) is -0.226. The van der Waals surface area contributed by atoms with Crippen LogP contribution < -0.4 is 0 Å². The third-order valence-corrected chi connectivity index (χ3v) is 3.68. The van der Waals surface area contributed by atoms with Gasteiger partial charge in [-0.05, 0) is 23.8 Å². The van der Waals surface area contributed by atoms with Gasteiger partial charge in [-0.3, -0.25) is 0 Å². The maximum atomic E-state index is 14.2. The molecule has 0 saturated heterocycles. The molecule has 2 aromatic carbocycles. The molecule has 0 spiro atoms. The van der Waals surface area contributed by atoms with Crippen molar-refractivity contribution in [2.45, 2.75) is 0 Å². The molecule has 0 fully saturated rings. The van der Waals surface area contributed by atoms with E-state index < -0.39 is 0 Å². The van der Waals surface area contributed by atoms with Gasteiger partial charge in [-0.15, -0.1) is 0 Å². The molecule has 1 nitrogen and oxygen atoms in total. The van der Waals surface area contributed by atoms with Gasteiger partial charge >= 0.3 is 0 Å². The molecule has 0 amide bonds. The number of benzene rings is 2. The lowest BCUT2D eigenvalue weighted by Crippen LogP contribution is -2.19. The Morgan fingerprint density at radius 2 is 1.57 bits per heavy atom.